The van der Waals surface area contributed by atoms with Crippen molar-refractivity contribution in [1.29, 1.82) is 0 Å². The lowest BCUT2D eigenvalue weighted by Gasteiger charge is -2.36. The summed E-state index contributed by atoms with van der Waals surface area (Å²) < 4.78 is 5.31. The summed E-state index contributed by atoms with van der Waals surface area (Å²) in [5.41, 5.74) is 1.78. The molecular weight excluding hydrogens is 282 g/mol. The number of ether oxygens (including phenoxy) is 1. The predicted octanol–water partition coefficient (Wildman–Crippen LogP) is 2.01. The molecule has 2 heterocycles. The Hall–Kier alpha value is -1.88. The number of fused-ring (bicyclic) bond motifs is 1. The highest BCUT2D eigenvalue weighted by Crippen LogP contribution is 2.31. The number of nitrogens with zero attached hydrogens (tertiary/aromatic N) is 1. The minimum atomic E-state index is -0.951. The molecule has 0 spiro atoms. The number of carboxylic acid groups (broad SMARTS) is 1. The van der Waals surface area contributed by atoms with Crippen molar-refractivity contribution >= 4 is 11.9 Å². The minimum Gasteiger partial charge on any atom is -0.479 e. The maximum atomic E-state index is 12.6. The largest absolute Gasteiger partial charge is 0.479 e. The fourth-order valence-electron chi connectivity index (χ4n) is 3.42. The van der Waals surface area contributed by atoms with E-state index in [0.29, 0.717) is 32.1 Å². The van der Waals surface area contributed by atoms with E-state index < -0.39 is 12.0 Å². The average molecular weight is 303 g/mol. The van der Waals surface area contributed by atoms with Crippen LogP contribution >= 0.6 is 0 Å². The van der Waals surface area contributed by atoms with Crippen LogP contribution in [-0.2, 0) is 20.7 Å². The molecule has 3 rings (SSSR count). The third kappa shape index (κ3) is 2.99. The molecule has 118 valence electrons. The number of rotatable bonds is 3. The number of carbonyl (C=O) groups is 2. The van der Waals surface area contributed by atoms with Gasteiger partial charge in [0.1, 0.15) is 0 Å². The van der Waals surface area contributed by atoms with Crippen LogP contribution in [0.1, 0.15) is 36.4 Å². The third-order valence-electron chi connectivity index (χ3n) is 4.64. The second-order valence-corrected chi connectivity index (χ2v) is 6.04. The van der Waals surface area contributed by atoms with E-state index in [1.807, 2.05) is 24.3 Å². The lowest BCUT2D eigenvalue weighted by Crippen LogP contribution is -2.44. The van der Waals surface area contributed by atoms with Crippen LogP contribution in [0.25, 0.3) is 0 Å². The first-order valence-electron chi connectivity index (χ1n) is 7.84. The van der Waals surface area contributed by atoms with Gasteiger partial charge in [0.15, 0.2) is 6.04 Å². The van der Waals surface area contributed by atoms with Crippen LogP contribution in [0.3, 0.4) is 0 Å². The summed E-state index contributed by atoms with van der Waals surface area (Å²) in [5.74, 6) is -0.686. The van der Waals surface area contributed by atoms with Gasteiger partial charge in [-0.3, -0.25) is 4.79 Å². The normalized spacial score (nSPS) is 22.2. The number of benzene rings is 1. The fourth-order valence-corrected chi connectivity index (χ4v) is 3.42. The van der Waals surface area contributed by atoms with Crippen LogP contribution in [0.4, 0.5) is 0 Å². The molecule has 0 saturated carbocycles. The molecule has 1 atom stereocenters. The molecule has 0 unspecified atom stereocenters. The number of amides is 1. The fraction of sp³-hybridized carbons (Fsp3) is 0.529. The van der Waals surface area contributed by atoms with Crippen LogP contribution in [0.15, 0.2) is 24.3 Å². The zero-order valence-corrected chi connectivity index (χ0v) is 12.5. The Balaban J connectivity index is 1.77. The first-order chi connectivity index (χ1) is 10.7. The molecule has 22 heavy (non-hydrogen) atoms. The van der Waals surface area contributed by atoms with Gasteiger partial charge in [0.2, 0.25) is 5.91 Å². The van der Waals surface area contributed by atoms with Gasteiger partial charge in [-0.15, -0.1) is 0 Å². The Bertz CT molecular complexity index is 566. The SMILES string of the molecule is O=C(O)[C@H]1c2ccccc2CCN1C(=O)CC1CCOCC1. The van der Waals surface area contributed by atoms with E-state index in [1.165, 1.54) is 0 Å². The molecule has 1 amide bonds. The second-order valence-electron chi connectivity index (χ2n) is 6.04. The highest BCUT2D eigenvalue weighted by atomic mass is 16.5. The van der Waals surface area contributed by atoms with Crippen molar-refractivity contribution in [2.75, 3.05) is 19.8 Å². The van der Waals surface area contributed by atoms with Crippen LogP contribution in [-0.4, -0.2) is 41.6 Å². The molecule has 5 nitrogen and oxygen atoms in total. The summed E-state index contributed by atoms with van der Waals surface area (Å²) in [7, 11) is 0. The number of hydrogen-bond donors (Lipinski definition) is 1. The average Bonchev–Trinajstić information content (AvgIpc) is 2.54. The molecule has 1 N–H and O–H groups in total. The summed E-state index contributed by atoms with van der Waals surface area (Å²) in [4.78, 5) is 25.9. The smallest absolute Gasteiger partial charge is 0.331 e. The van der Waals surface area contributed by atoms with Gasteiger partial charge in [-0.05, 0) is 36.3 Å². The molecule has 1 saturated heterocycles. The van der Waals surface area contributed by atoms with Crippen LogP contribution < -0.4 is 0 Å². The molecule has 1 fully saturated rings. The van der Waals surface area contributed by atoms with Crippen molar-refractivity contribution < 1.29 is 19.4 Å². The zero-order chi connectivity index (χ0) is 15.5. The van der Waals surface area contributed by atoms with E-state index in [2.05, 4.69) is 0 Å². The van der Waals surface area contributed by atoms with Gasteiger partial charge in [-0.2, -0.15) is 0 Å². The van der Waals surface area contributed by atoms with E-state index in [-0.39, 0.29) is 5.91 Å². The summed E-state index contributed by atoms with van der Waals surface area (Å²) in [5, 5.41) is 9.60. The molecular formula is C17H21NO4. The van der Waals surface area contributed by atoms with E-state index in [9.17, 15) is 14.7 Å². The summed E-state index contributed by atoms with van der Waals surface area (Å²) >= 11 is 0. The minimum absolute atomic E-state index is 0.0474. The van der Waals surface area contributed by atoms with Crippen LogP contribution in [0.2, 0.25) is 0 Å². The quantitative estimate of drug-likeness (QED) is 0.927. The number of carboxylic acids is 1. The van der Waals surface area contributed by atoms with E-state index in [1.54, 1.807) is 4.90 Å². The Morgan fingerprint density at radius 1 is 1.23 bits per heavy atom. The van der Waals surface area contributed by atoms with Crippen molar-refractivity contribution in [2.45, 2.75) is 31.7 Å². The molecule has 0 aromatic heterocycles. The Morgan fingerprint density at radius 2 is 1.95 bits per heavy atom. The topological polar surface area (TPSA) is 66.8 Å². The van der Waals surface area contributed by atoms with E-state index >= 15 is 0 Å². The Morgan fingerprint density at radius 3 is 2.68 bits per heavy atom. The lowest BCUT2D eigenvalue weighted by atomic mass is 9.90. The van der Waals surface area contributed by atoms with Gasteiger partial charge in [0.25, 0.3) is 0 Å². The Labute approximate surface area is 129 Å². The van der Waals surface area contributed by atoms with Crippen molar-refractivity contribution in [1.82, 2.24) is 4.90 Å². The maximum Gasteiger partial charge on any atom is 0.331 e. The molecule has 0 aliphatic carbocycles. The van der Waals surface area contributed by atoms with Crippen LogP contribution in [0, 0.1) is 5.92 Å². The summed E-state index contributed by atoms with van der Waals surface area (Å²) in [6.45, 7) is 1.88. The number of hydrogen-bond acceptors (Lipinski definition) is 3. The second kappa shape index (κ2) is 6.48. The molecule has 5 heteroatoms. The Kier molecular flexibility index (Phi) is 4.43. The molecule has 0 bridgehead atoms. The molecule has 2 aliphatic rings. The highest BCUT2D eigenvalue weighted by Gasteiger charge is 2.36. The molecule has 1 aromatic carbocycles. The van der Waals surface area contributed by atoms with Crippen molar-refractivity contribution in [3.05, 3.63) is 35.4 Å². The van der Waals surface area contributed by atoms with Gasteiger partial charge in [-0.25, -0.2) is 4.79 Å². The van der Waals surface area contributed by atoms with Crippen molar-refractivity contribution in [3.63, 3.8) is 0 Å². The van der Waals surface area contributed by atoms with Crippen LogP contribution in [0.5, 0.6) is 0 Å². The van der Waals surface area contributed by atoms with E-state index in [0.717, 1.165) is 30.4 Å². The zero-order valence-electron chi connectivity index (χ0n) is 12.5. The lowest BCUT2D eigenvalue weighted by molar-refractivity contribution is -0.152. The summed E-state index contributed by atoms with van der Waals surface area (Å²) in [6.07, 6.45) is 2.91. The monoisotopic (exact) mass is 303 g/mol. The number of carbonyl (C=O) groups excluding carboxylic acids is 1. The van der Waals surface area contributed by atoms with E-state index in [4.69, 9.17) is 4.74 Å². The van der Waals surface area contributed by atoms with Gasteiger partial charge in [0, 0.05) is 26.2 Å². The molecule has 0 radical (unpaired) electrons. The van der Waals surface area contributed by atoms with Crippen molar-refractivity contribution in [2.24, 2.45) is 5.92 Å². The summed E-state index contributed by atoms with van der Waals surface area (Å²) in [6, 6.07) is 6.67. The standard InChI is InChI=1S/C17H21NO4/c19-15(11-12-6-9-22-10-7-12)18-8-5-13-3-1-2-4-14(13)16(18)17(20)21/h1-4,12,16H,5-11H2,(H,20,21)/t16-/m1/s1. The first-order valence-corrected chi connectivity index (χ1v) is 7.84. The third-order valence-corrected chi connectivity index (χ3v) is 4.64. The van der Waals surface area contributed by atoms with Gasteiger partial charge in [-0.1, -0.05) is 24.3 Å². The predicted molar refractivity (Wildman–Crippen MR) is 80.4 cm³/mol. The molecule has 1 aromatic rings. The van der Waals surface area contributed by atoms with Crippen molar-refractivity contribution in [3.8, 4) is 0 Å². The molecule has 2 aliphatic heterocycles. The highest BCUT2D eigenvalue weighted by molar-refractivity contribution is 5.85. The maximum absolute atomic E-state index is 12.6. The van der Waals surface area contributed by atoms with Gasteiger partial charge < -0.3 is 14.7 Å². The van der Waals surface area contributed by atoms with Gasteiger partial charge in [0.05, 0.1) is 0 Å². The van der Waals surface area contributed by atoms with Gasteiger partial charge >= 0.3 is 5.97 Å². The number of aliphatic carboxylic acids is 1. The first kappa shape index (κ1) is 15.0.